The number of nitrogens with zero attached hydrogens (tertiary/aromatic N) is 4. The molecule has 2 aromatic rings. The number of sulfonamides is 1. The molecule has 1 aromatic heterocycles. The number of aromatic nitrogens is 2. The van der Waals surface area contributed by atoms with Crippen LogP contribution in [0.2, 0.25) is 0 Å². The molecule has 3 heterocycles. The van der Waals surface area contributed by atoms with Gasteiger partial charge >= 0.3 is 0 Å². The highest BCUT2D eigenvalue weighted by Crippen LogP contribution is 2.31. The van der Waals surface area contributed by atoms with Crippen molar-refractivity contribution in [2.75, 3.05) is 43.4 Å². The van der Waals surface area contributed by atoms with Crippen LogP contribution in [-0.2, 0) is 10.0 Å². The number of unbranched alkanes of at least 4 members (excludes halogenated alkanes) is 1. The summed E-state index contributed by atoms with van der Waals surface area (Å²) in [6, 6.07) is 3.05. The molecule has 2 aliphatic rings. The minimum absolute atomic E-state index is 0.216. The fraction of sp³-hybridized carbons (Fsp3) is 0.583. The second-order valence-corrected chi connectivity index (χ2v) is 11.5. The van der Waals surface area contributed by atoms with Crippen molar-refractivity contribution < 1.29 is 21.9 Å². The van der Waals surface area contributed by atoms with Gasteiger partial charge in [-0.3, -0.25) is 0 Å². The second-order valence-electron chi connectivity index (χ2n) is 9.38. The average molecular weight is 510 g/mol. The first-order valence-electron chi connectivity index (χ1n) is 12.1. The lowest BCUT2D eigenvalue weighted by Crippen LogP contribution is -2.40. The van der Waals surface area contributed by atoms with Gasteiger partial charge in [0.15, 0.2) is 5.75 Å². The largest absolute Gasteiger partial charge is 0.490 e. The van der Waals surface area contributed by atoms with Gasteiger partial charge in [-0.15, -0.1) is 0 Å². The van der Waals surface area contributed by atoms with E-state index >= 15 is 0 Å². The molecule has 0 amide bonds. The highest BCUT2D eigenvalue weighted by Gasteiger charge is 2.34. The van der Waals surface area contributed by atoms with E-state index in [9.17, 15) is 17.2 Å². The van der Waals surface area contributed by atoms with Gasteiger partial charge in [0.2, 0.25) is 16.0 Å². The highest BCUT2D eigenvalue weighted by atomic mass is 32.2. The maximum absolute atomic E-state index is 14.2. The van der Waals surface area contributed by atoms with Crippen LogP contribution in [0, 0.1) is 17.6 Å². The predicted molar refractivity (Wildman–Crippen MR) is 130 cm³/mol. The topological polar surface area (TPSA) is 102 Å². The van der Waals surface area contributed by atoms with Crippen LogP contribution in [0.4, 0.5) is 14.7 Å². The van der Waals surface area contributed by atoms with Crippen molar-refractivity contribution >= 4 is 16.0 Å². The zero-order valence-electron chi connectivity index (χ0n) is 19.9. The van der Waals surface area contributed by atoms with Crippen molar-refractivity contribution in [3.63, 3.8) is 0 Å². The van der Waals surface area contributed by atoms with Crippen LogP contribution in [-0.4, -0.2) is 67.3 Å². The minimum atomic E-state index is -3.16. The molecule has 0 bridgehead atoms. The first-order valence-corrected chi connectivity index (χ1v) is 13.8. The van der Waals surface area contributed by atoms with Crippen LogP contribution in [0.5, 0.6) is 5.75 Å². The normalized spacial score (nSPS) is 22.0. The van der Waals surface area contributed by atoms with E-state index in [1.807, 2.05) is 11.8 Å². The lowest BCUT2D eigenvalue weighted by Gasteiger charge is -2.31. The maximum atomic E-state index is 14.2. The van der Waals surface area contributed by atoms with E-state index in [1.165, 1.54) is 6.07 Å². The Balaban J connectivity index is 1.27. The summed E-state index contributed by atoms with van der Waals surface area (Å²) >= 11 is 0. The molecule has 4 rings (SSSR count). The molecule has 0 aliphatic carbocycles. The number of benzene rings is 1. The Morgan fingerprint density at radius 3 is 2.54 bits per heavy atom. The van der Waals surface area contributed by atoms with Crippen molar-refractivity contribution in [1.29, 1.82) is 0 Å². The third kappa shape index (κ3) is 6.25. The van der Waals surface area contributed by atoms with Gasteiger partial charge in [0.25, 0.3) is 0 Å². The zero-order valence-corrected chi connectivity index (χ0v) is 20.8. The van der Waals surface area contributed by atoms with E-state index in [4.69, 9.17) is 10.5 Å². The summed E-state index contributed by atoms with van der Waals surface area (Å²) in [6.07, 6.45) is 6.25. The molecule has 2 fully saturated rings. The Bertz CT molecular complexity index is 1090. The van der Waals surface area contributed by atoms with E-state index in [2.05, 4.69) is 9.97 Å². The van der Waals surface area contributed by atoms with Crippen molar-refractivity contribution in [3.05, 3.63) is 47.8 Å². The molecule has 2 N–H and O–H groups in total. The van der Waals surface area contributed by atoms with Crippen molar-refractivity contribution in [2.24, 2.45) is 11.7 Å². The molecule has 2 atom stereocenters. The lowest BCUT2D eigenvalue weighted by molar-refractivity contribution is 0.184. The fourth-order valence-corrected chi connectivity index (χ4v) is 6.37. The number of hydrogen-bond acceptors (Lipinski definition) is 7. The fourth-order valence-electron chi connectivity index (χ4n) is 4.69. The Kier molecular flexibility index (Phi) is 8.18. The molecule has 0 radical (unpaired) electrons. The van der Waals surface area contributed by atoms with Crippen molar-refractivity contribution in [3.8, 4) is 5.75 Å². The summed E-state index contributed by atoms with van der Waals surface area (Å²) in [4.78, 5) is 10.6. The van der Waals surface area contributed by atoms with Crippen molar-refractivity contribution in [2.45, 2.75) is 44.6 Å². The monoisotopic (exact) mass is 509 g/mol. The number of rotatable bonds is 9. The van der Waals surface area contributed by atoms with Gasteiger partial charge in [-0.05, 0) is 48.9 Å². The van der Waals surface area contributed by atoms with Gasteiger partial charge in [0.05, 0.1) is 24.8 Å². The summed E-state index contributed by atoms with van der Waals surface area (Å²) in [5, 5.41) is 0. The number of hydrogen-bond donors (Lipinski definition) is 1. The van der Waals surface area contributed by atoms with Crippen molar-refractivity contribution in [1.82, 2.24) is 14.3 Å². The number of halogens is 2. The van der Waals surface area contributed by atoms with Crippen LogP contribution in [0.25, 0.3) is 0 Å². The minimum Gasteiger partial charge on any atom is -0.490 e. The third-order valence-corrected chi connectivity index (χ3v) is 8.78. The Morgan fingerprint density at radius 2 is 1.86 bits per heavy atom. The molecule has 0 unspecified atom stereocenters. The first kappa shape index (κ1) is 25.7. The molecule has 2 aliphatic heterocycles. The van der Waals surface area contributed by atoms with Gasteiger partial charge in [-0.2, -0.15) is 0 Å². The van der Waals surface area contributed by atoms with Crippen LogP contribution < -0.4 is 15.4 Å². The quantitative estimate of drug-likeness (QED) is 0.555. The zero-order chi connectivity index (χ0) is 25.0. The molecule has 35 heavy (non-hydrogen) atoms. The lowest BCUT2D eigenvalue weighted by atomic mass is 9.94. The average Bonchev–Trinajstić information content (AvgIpc) is 3.25. The Morgan fingerprint density at radius 1 is 1.14 bits per heavy atom. The molecular formula is C24H33F2N5O3S. The van der Waals surface area contributed by atoms with E-state index in [0.717, 1.165) is 31.4 Å². The van der Waals surface area contributed by atoms with E-state index in [-0.39, 0.29) is 29.2 Å². The number of nitrogens with two attached hydrogens (primary N) is 1. The number of anilines is 1. The van der Waals surface area contributed by atoms with Crippen LogP contribution in [0.15, 0.2) is 30.6 Å². The maximum Gasteiger partial charge on any atom is 0.225 e. The standard InChI is InChI=1S/C24H33F2N5O3S/c1-2-3-10-35(32,33)31-8-6-17(7-9-31)16-34-19-12-28-24(29-13-19)30-14-21(23(27)15-30)20-11-18(25)4-5-22(20)26/h4-5,11-13,17,21,23H,2-3,6-10,14-16,27H2,1H3/t21-,23+/m1/s1. The molecule has 8 nitrogen and oxygen atoms in total. The van der Waals surface area contributed by atoms with Gasteiger partial charge in [-0.1, -0.05) is 13.3 Å². The number of piperidine rings is 1. The Labute approximate surface area is 205 Å². The second kappa shape index (κ2) is 11.1. The van der Waals surface area contributed by atoms with Gasteiger partial charge in [0, 0.05) is 38.1 Å². The molecule has 2 saturated heterocycles. The SMILES string of the molecule is CCCCS(=O)(=O)N1CCC(COc2cnc(N3C[C@H](c4cc(F)ccc4F)[C@@H](N)C3)nc2)CC1. The Hall–Kier alpha value is -2.37. The molecule has 1 aromatic carbocycles. The third-order valence-electron chi connectivity index (χ3n) is 6.83. The van der Waals surface area contributed by atoms with Gasteiger partial charge in [-0.25, -0.2) is 31.5 Å². The first-order chi connectivity index (χ1) is 16.8. The summed E-state index contributed by atoms with van der Waals surface area (Å²) < 4.78 is 60.0. The predicted octanol–water partition coefficient (Wildman–Crippen LogP) is 2.91. The highest BCUT2D eigenvalue weighted by molar-refractivity contribution is 7.89. The van der Waals surface area contributed by atoms with E-state index in [0.29, 0.717) is 50.9 Å². The molecule has 11 heteroatoms. The van der Waals surface area contributed by atoms with Crippen LogP contribution in [0.1, 0.15) is 44.1 Å². The molecule has 192 valence electrons. The molecule has 0 spiro atoms. The van der Waals surface area contributed by atoms with E-state index < -0.39 is 21.7 Å². The van der Waals surface area contributed by atoms with Gasteiger partial charge in [0.1, 0.15) is 11.6 Å². The van der Waals surface area contributed by atoms with Gasteiger partial charge < -0.3 is 15.4 Å². The summed E-state index contributed by atoms with van der Waals surface area (Å²) in [7, 11) is -3.16. The summed E-state index contributed by atoms with van der Waals surface area (Å²) in [5.74, 6) is 0.151. The number of ether oxygens (including phenoxy) is 1. The van der Waals surface area contributed by atoms with E-state index in [1.54, 1.807) is 16.7 Å². The smallest absolute Gasteiger partial charge is 0.225 e. The molecular weight excluding hydrogens is 476 g/mol. The summed E-state index contributed by atoms with van der Waals surface area (Å²) in [5.41, 5.74) is 6.49. The van der Waals surface area contributed by atoms with Crippen LogP contribution in [0.3, 0.4) is 0 Å². The molecule has 0 saturated carbocycles. The summed E-state index contributed by atoms with van der Waals surface area (Å²) in [6.45, 7) is 4.33. The van der Waals surface area contributed by atoms with Crippen LogP contribution >= 0.6 is 0 Å².